The molecule has 0 radical (unpaired) electrons. The van der Waals surface area contributed by atoms with Crippen LogP contribution in [0.15, 0.2) is 54.6 Å². The van der Waals surface area contributed by atoms with Crippen molar-refractivity contribution in [2.24, 2.45) is 0 Å². The molecule has 1 fully saturated rings. The van der Waals surface area contributed by atoms with Crippen LogP contribution in [0, 0.1) is 0 Å². The van der Waals surface area contributed by atoms with Gasteiger partial charge in [-0.25, -0.2) is 0 Å². The molecule has 3 nitrogen and oxygen atoms in total. The van der Waals surface area contributed by atoms with Crippen molar-refractivity contribution >= 4 is 24.1 Å². The Labute approximate surface area is 124 Å². The quantitative estimate of drug-likeness (QED) is 0.787. The summed E-state index contributed by atoms with van der Waals surface area (Å²) in [6, 6.07) is 9.81. The molecule has 104 valence electrons. The van der Waals surface area contributed by atoms with Crippen LogP contribution in [0.25, 0.3) is 0 Å². The van der Waals surface area contributed by atoms with E-state index in [-0.39, 0.29) is 25.7 Å². The molecule has 1 heterocycles. The van der Waals surface area contributed by atoms with Crippen LogP contribution in [-0.4, -0.2) is 37.1 Å². The van der Waals surface area contributed by atoms with Crippen molar-refractivity contribution in [3.05, 3.63) is 54.6 Å². The topological polar surface area (TPSA) is 35.5 Å². The van der Waals surface area contributed by atoms with Gasteiger partial charge < -0.3 is 0 Å². The average molecular weight is 335 g/mol. The van der Waals surface area contributed by atoms with E-state index >= 15 is 0 Å². The van der Waals surface area contributed by atoms with Crippen LogP contribution in [0.4, 0.5) is 0 Å². The Hall–Kier alpha value is -1.19. The van der Waals surface area contributed by atoms with Crippen molar-refractivity contribution in [1.82, 2.24) is 0 Å². The summed E-state index contributed by atoms with van der Waals surface area (Å²) < 4.78 is 13.0. The summed E-state index contributed by atoms with van der Waals surface area (Å²) in [5.74, 6) is -0.744. The van der Waals surface area contributed by atoms with Gasteiger partial charge in [-0.2, -0.15) is 0 Å². The Balaban J connectivity index is 1.89. The third-order valence-corrected chi connectivity index (χ3v) is 5.39. The van der Waals surface area contributed by atoms with Crippen LogP contribution >= 0.6 is 0 Å². The number of benzene rings is 1. The summed E-state index contributed by atoms with van der Waals surface area (Å²) in [6.07, 6.45) is 7.16. The number of hydrogen-bond donors (Lipinski definition) is 0. The second-order valence-corrected chi connectivity index (χ2v) is 7.48. The average Bonchev–Trinajstić information content (AvgIpc) is 2.71. The van der Waals surface area contributed by atoms with Gasteiger partial charge in [0.15, 0.2) is 0 Å². The summed E-state index contributed by atoms with van der Waals surface area (Å²) in [4.78, 5) is 12.8. The van der Waals surface area contributed by atoms with Crippen molar-refractivity contribution < 1.29 is 14.3 Å². The van der Waals surface area contributed by atoms with Crippen LogP contribution in [-0.2, 0) is 14.3 Å². The number of ether oxygens (including phenoxy) is 2. The molecule has 0 bridgehead atoms. The van der Waals surface area contributed by atoms with Gasteiger partial charge in [-0.1, -0.05) is 0 Å². The second-order valence-electron chi connectivity index (χ2n) is 5.28. The van der Waals surface area contributed by atoms with E-state index in [1.165, 1.54) is 0 Å². The number of hydrogen-bond acceptors (Lipinski definition) is 3. The van der Waals surface area contributed by atoms with Gasteiger partial charge in [0.1, 0.15) is 0 Å². The normalized spacial score (nSPS) is 30.2. The second kappa shape index (κ2) is 4.97. The number of fused-ring (bicyclic) bond motifs is 1. The first kappa shape index (κ1) is 13.8. The summed E-state index contributed by atoms with van der Waals surface area (Å²) >= 11 is -0.293. The van der Waals surface area contributed by atoms with Crippen molar-refractivity contribution in [1.29, 1.82) is 0 Å². The number of rotatable bonds is 3. The molecule has 2 aliphatic rings. The van der Waals surface area contributed by atoms with Crippen molar-refractivity contribution in [2.75, 3.05) is 0 Å². The molecule has 1 aliphatic carbocycles. The van der Waals surface area contributed by atoms with E-state index < -0.39 is 11.4 Å². The zero-order valence-corrected chi connectivity index (χ0v) is 13.1. The van der Waals surface area contributed by atoms with Crippen molar-refractivity contribution in [3.8, 4) is 0 Å². The molecule has 1 aromatic rings. The zero-order chi connectivity index (χ0) is 14.2. The first-order valence-corrected chi connectivity index (χ1v) is 8.24. The Morgan fingerprint density at radius 1 is 1.20 bits per heavy atom. The predicted molar refractivity (Wildman–Crippen MR) is 77.9 cm³/mol. The van der Waals surface area contributed by atoms with E-state index in [0.717, 1.165) is 4.46 Å². The molecule has 0 spiro atoms. The van der Waals surface area contributed by atoms with Crippen LogP contribution in [0.1, 0.15) is 13.8 Å². The van der Waals surface area contributed by atoms with Gasteiger partial charge in [0.2, 0.25) is 0 Å². The standard InChI is InChI=1S/C16H16O3Se/c1-15(2)18-13-10-6-7-11-16(13,19-15)14(17)20-12-8-4-3-5-9-12/h3-11,13H,1-2H3/t13-,16+/m1/s1. The third-order valence-electron chi connectivity index (χ3n) is 3.26. The molecule has 1 saturated heterocycles. The molecule has 20 heavy (non-hydrogen) atoms. The zero-order valence-electron chi connectivity index (χ0n) is 11.4. The van der Waals surface area contributed by atoms with Crippen molar-refractivity contribution in [3.63, 3.8) is 0 Å². The van der Waals surface area contributed by atoms with E-state index in [4.69, 9.17) is 9.47 Å². The van der Waals surface area contributed by atoms with E-state index in [9.17, 15) is 4.79 Å². The van der Waals surface area contributed by atoms with E-state index in [2.05, 4.69) is 0 Å². The van der Waals surface area contributed by atoms with Gasteiger partial charge in [0.05, 0.1) is 0 Å². The predicted octanol–water partition coefficient (Wildman–Crippen LogP) is 1.56. The van der Waals surface area contributed by atoms with Crippen LogP contribution in [0.3, 0.4) is 0 Å². The molecule has 0 N–H and O–H groups in total. The van der Waals surface area contributed by atoms with Gasteiger partial charge in [-0.05, 0) is 0 Å². The molecule has 1 aromatic carbocycles. The molecule has 0 amide bonds. The van der Waals surface area contributed by atoms with Crippen LogP contribution in [0.2, 0.25) is 0 Å². The molecule has 0 aromatic heterocycles. The van der Waals surface area contributed by atoms with E-state index in [1.54, 1.807) is 0 Å². The minimum atomic E-state index is -0.964. The number of carbonyl (C=O) groups is 1. The Kier molecular flexibility index (Phi) is 3.43. The maximum atomic E-state index is 12.8. The van der Waals surface area contributed by atoms with Crippen LogP contribution < -0.4 is 4.46 Å². The Morgan fingerprint density at radius 3 is 2.70 bits per heavy atom. The van der Waals surface area contributed by atoms with Gasteiger partial charge in [0, 0.05) is 0 Å². The number of allylic oxidation sites excluding steroid dienone is 2. The SMILES string of the molecule is CC1(C)O[C@@H]2C=CC=C[C@]2(C(=O)[Se]c2ccccc2)O1. The third kappa shape index (κ3) is 2.40. The first-order valence-electron chi connectivity index (χ1n) is 6.53. The maximum absolute atomic E-state index is 12.8. The molecule has 2 atom stereocenters. The van der Waals surface area contributed by atoms with Crippen molar-refractivity contribution in [2.45, 2.75) is 31.3 Å². The van der Waals surface area contributed by atoms with Gasteiger partial charge >= 0.3 is 124 Å². The molecule has 0 unspecified atom stereocenters. The van der Waals surface area contributed by atoms with Crippen LogP contribution in [0.5, 0.6) is 0 Å². The first-order chi connectivity index (χ1) is 9.52. The Bertz CT molecular complexity index is 577. The molecule has 3 rings (SSSR count). The Morgan fingerprint density at radius 2 is 1.95 bits per heavy atom. The molecule has 1 aliphatic heterocycles. The van der Waals surface area contributed by atoms with E-state index in [0.29, 0.717) is 0 Å². The summed E-state index contributed by atoms with van der Waals surface area (Å²) in [6.45, 7) is 3.69. The molecular formula is C16H16O3Se. The van der Waals surface area contributed by atoms with Gasteiger partial charge in [0.25, 0.3) is 0 Å². The fraction of sp³-hybridized carbons (Fsp3) is 0.312. The molecular weight excluding hydrogens is 319 g/mol. The van der Waals surface area contributed by atoms with E-state index in [1.807, 2.05) is 68.5 Å². The number of carbonyl (C=O) groups excluding carboxylic acids is 1. The van der Waals surface area contributed by atoms with Gasteiger partial charge in [-0.3, -0.25) is 0 Å². The summed E-state index contributed by atoms with van der Waals surface area (Å²) in [5, 5.41) is 0. The molecule has 0 saturated carbocycles. The molecule has 4 heteroatoms. The van der Waals surface area contributed by atoms with Gasteiger partial charge in [-0.15, -0.1) is 0 Å². The fourth-order valence-electron chi connectivity index (χ4n) is 2.46. The summed E-state index contributed by atoms with van der Waals surface area (Å²) in [7, 11) is 0. The fourth-order valence-corrected chi connectivity index (χ4v) is 4.33. The summed E-state index contributed by atoms with van der Waals surface area (Å²) in [5.41, 5.74) is -0.964. The monoisotopic (exact) mass is 336 g/mol. The minimum absolute atomic E-state index is 0.0902.